The fraction of sp³-hybridized carbons (Fsp3) is 0. The Morgan fingerprint density at radius 2 is 1.83 bits per heavy atom. The van der Waals surface area contributed by atoms with Crippen molar-refractivity contribution in [2.75, 3.05) is 0 Å². The molecule has 0 saturated carbocycles. The number of rotatable bonds is 0. The summed E-state index contributed by atoms with van der Waals surface area (Å²) in [6.07, 6.45) is 0. The Labute approximate surface area is 50.3 Å². The molecule has 4 heteroatoms. The van der Waals surface area contributed by atoms with E-state index in [0.717, 1.165) is 0 Å². The van der Waals surface area contributed by atoms with E-state index < -0.39 is 0 Å². The van der Waals surface area contributed by atoms with Crippen LogP contribution < -0.4 is 0 Å². The molecule has 0 aromatic carbocycles. The quantitative estimate of drug-likeness (QED) is 0.305. The first-order valence-electron chi connectivity index (χ1n) is 0.821. The number of hydrogen-bond acceptors (Lipinski definition) is 2. The van der Waals surface area contributed by atoms with Crippen molar-refractivity contribution in [1.82, 2.24) is 0 Å². The van der Waals surface area contributed by atoms with E-state index in [1.165, 1.54) is 27.5 Å². The van der Waals surface area contributed by atoms with Crippen molar-refractivity contribution in [3.05, 3.63) is 5.41 Å². The average molecular weight is 188 g/mol. The maximum Gasteiger partial charge on any atom is -0.0548 e. The zero-order valence-corrected chi connectivity index (χ0v) is 5.32. The molecule has 0 atom stereocenters. The van der Waals surface area contributed by atoms with Gasteiger partial charge in [0.2, 0.25) is 0 Å². The standard InChI is InChI=1S/CNS.CO.Ru.H/c2-1-3;1-2;;/q-1;;;. The maximum atomic E-state index is 8.67. The third-order valence-electron chi connectivity index (χ3n) is 0. The molecule has 0 aromatic rings. The minimum atomic E-state index is 1.33. The van der Waals surface area contributed by atoms with Crippen LogP contribution in [0.5, 0.6) is 0 Å². The maximum absolute atomic E-state index is 8.67. The predicted octanol–water partition coefficient (Wildman–Crippen LogP) is -0.00870. The monoisotopic (exact) mass is 189 g/mol. The summed E-state index contributed by atoms with van der Waals surface area (Å²) in [6.45, 7) is 0. The van der Waals surface area contributed by atoms with Crippen molar-refractivity contribution in [2.24, 2.45) is 0 Å². The number of thiocarbonyl (C=S) groups is 1. The number of hydrogen-bond donors (Lipinski definition) is 0. The van der Waals surface area contributed by atoms with Crippen LogP contribution in [0.3, 0.4) is 0 Å². The predicted molar refractivity (Wildman–Crippen MR) is 23.0 cm³/mol. The molecule has 0 spiro atoms. The second-order valence-electron chi connectivity index (χ2n) is 0.168. The zero-order chi connectivity index (χ0) is 5.41. The first-order chi connectivity index (χ1) is 2.83. The molecule has 0 aliphatic carbocycles. The molecule has 2 nitrogen and oxygen atoms in total. The van der Waals surface area contributed by atoms with Crippen molar-refractivity contribution in [3.8, 4) is 0 Å². The minimum Gasteiger partial charge on any atom is -0.753 e. The van der Waals surface area contributed by atoms with Crippen LogP contribution in [0.25, 0.3) is 5.41 Å². The van der Waals surface area contributed by atoms with E-state index in [9.17, 15) is 0 Å². The summed E-state index contributed by atoms with van der Waals surface area (Å²) in [6, 6.07) is 0. The largest absolute Gasteiger partial charge is 0.753 e. The van der Waals surface area contributed by atoms with Crippen LogP contribution in [0.2, 0.25) is 0 Å². The third-order valence-corrected chi connectivity index (χ3v) is 0. The summed E-state index contributed by atoms with van der Waals surface area (Å²) < 4.78 is 1.47. The molecule has 0 fully saturated rings. The van der Waals surface area contributed by atoms with E-state index >= 15 is 0 Å². The molecule has 0 aliphatic heterocycles. The molecule has 0 saturated heterocycles. The fourth-order valence-electron chi connectivity index (χ4n) is 0. The molecule has 35 valence electrons. The molecule has 0 radical (unpaired) electrons. The Balaban J connectivity index is 0. The van der Waals surface area contributed by atoms with Gasteiger partial charge in [-0.3, -0.25) is 0 Å². The van der Waals surface area contributed by atoms with Crippen LogP contribution in [0.1, 0.15) is 0 Å². The van der Waals surface area contributed by atoms with Crippen molar-refractivity contribution >= 4 is 21.9 Å². The van der Waals surface area contributed by atoms with Crippen molar-refractivity contribution in [1.29, 1.82) is 0 Å². The number of nitrogens with zero attached hydrogens (tertiary/aromatic N) is 1. The van der Waals surface area contributed by atoms with Crippen LogP contribution in [0.15, 0.2) is 0 Å². The van der Waals surface area contributed by atoms with E-state index in [1.54, 1.807) is 0 Å². The topological polar surface area (TPSA) is 39.4 Å². The Morgan fingerprint density at radius 3 is 1.83 bits per heavy atom. The summed E-state index contributed by atoms with van der Waals surface area (Å²) in [5.41, 5.74) is 0. The summed E-state index contributed by atoms with van der Waals surface area (Å²) in [7, 11) is 0. The van der Waals surface area contributed by atoms with Gasteiger partial charge in [0.1, 0.15) is 0 Å². The summed E-state index contributed by atoms with van der Waals surface area (Å²) in [5.74, 6) is 0. The molecule has 0 bridgehead atoms. The Hall–Kier alpha value is 0.00338. The van der Waals surface area contributed by atoms with Crippen LogP contribution in [-0.4, -0.2) is 9.64 Å². The van der Waals surface area contributed by atoms with Crippen molar-refractivity contribution in [2.45, 2.75) is 0 Å². The second kappa shape index (κ2) is 20.0. The van der Waals surface area contributed by atoms with E-state index in [0.29, 0.717) is 0 Å². The zero-order valence-electron chi connectivity index (χ0n) is 2.64. The molecular formula is C2HNORuS-. The first-order valence-corrected chi connectivity index (χ1v) is 2.16. The molecule has 0 N–H and O–H groups in total. The Kier molecular flexibility index (Phi) is 31.2. The molecule has 0 heterocycles. The molecule has 6 heavy (non-hydrogen) atoms. The van der Waals surface area contributed by atoms with Crippen molar-refractivity contribution < 1.29 is 22.6 Å². The molecule has 0 aliphatic rings. The normalized spacial score (nSPS) is 2.83. The van der Waals surface area contributed by atoms with Gasteiger partial charge in [-0.05, 0) is 0 Å². The van der Waals surface area contributed by atoms with Crippen LogP contribution in [-0.2, 0) is 22.6 Å². The third kappa shape index (κ3) is 3170000. The van der Waals surface area contributed by atoms with Gasteiger partial charge in [-0.15, -0.1) is 0 Å². The van der Waals surface area contributed by atoms with Gasteiger partial charge in [0.15, 0.2) is 0 Å². The Bertz CT molecular complexity index is 67.5. The molecule has 0 unspecified atom stereocenters. The van der Waals surface area contributed by atoms with Crippen molar-refractivity contribution in [3.63, 3.8) is 0 Å². The van der Waals surface area contributed by atoms with Gasteiger partial charge in [0.25, 0.3) is 0 Å². The summed E-state index contributed by atoms with van der Waals surface area (Å²) in [5, 5.41) is 8.47. The minimum absolute atomic E-state index is 1.33. The Morgan fingerprint density at radius 1 is 1.83 bits per heavy atom. The fourth-order valence-corrected chi connectivity index (χ4v) is 0. The van der Waals surface area contributed by atoms with Gasteiger partial charge >= 0.3 is 27.1 Å². The average Bonchev–Trinajstić information content (AvgIpc) is 1.39. The molecule has 0 rings (SSSR count). The van der Waals surface area contributed by atoms with Crippen LogP contribution in [0.4, 0.5) is 0 Å². The first kappa shape index (κ1) is 9.38. The van der Waals surface area contributed by atoms with Crippen LogP contribution >= 0.6 is 12.2 Å². The second-order valence-corrected chi connectivity index (χ2v) is 0.730. The SMILES string of the molecule is O=[C]=[RuH].[N-]=C=S. The van der Waals surface area contributed by atoms with Gasteiger partial charge in [0, 0.05) is 0 Å². The van der Waals surface area contributed by atoms with Gasteiger partial charge in [-0.1, -0.05) is 12.2 Å². The van der Waals surface area contributed by atoms with Gasteiger partial charge in [-0.2, -0.15) is 5.16 Å². The van der Waals surface area contributed by atoms with E-state index in [2.05, 4.69) is 12.2 Å². The van der Waals surface area contributed by atoms with Crippen LogP contribution in [0, 0.1) is 0 Å². The smallest absolute Gasteiger partial charge is 0.0548 e. The van der Waals surface area contributed by atoms with E-state index in [-0.39, 0.29) is 0 Å². The van der Waals surface area contributed by atoms with Gasteiger partial charge < -0.3 is 5.41 Å². The number of isothiocyanates is 1. The molecule has 0 aromatic heterocycles. The van der Waals surface area contributed by atoms with E-state index in [4.69, 9.17) is 10.2 Å². The number of carbonyl (C=O) groups excluding carboxylic acids is 1. The molecule has 0 amide bonds. The summed E-state index contributed by atoms with van der Waals surface area (Å²) >= 11 is 5.18. The summed E-state index contributed by atoms with van der Waals surface area (Å²) in [4.78, 5) is 8.67. The van der Waals surface area contributed by atoms with Gasteiger partial charge in [-0.25, -0.2) is 0 Å². The molecular weight excluding hydrogens is 187 g/mol. The van der Waals surface area contributed by atoms with E-state index in [1.807, 2.05) is 0 Å². The van der Waals surface area contributed by atoms with Gasteiger partial charge in [0.05, 0.1) is 0 Å².